The molecule has 12 heteroatoms. The van der Waals surface area contributed by atoms with Crippen LogP contribution in [0.3, 0.4) is 0 Å². The quantitative estimate of drug-likeness (QED) is 0.223. The van der Waals surface area contributed by atoms with E-state index in [0.717, 1.165) is 104 Å². The average molecular weight is 651 g/mol. The number of rotatable bonds is 12. The molecule has 12 nitrogen and oxygen atoms in total. The summed E-state index contributed by atoms with van der Waals surface area (Å²) >= 11 is 0. The van der Waals surface area contributed by atoms with Gasteiger partial charge >= 0.3 is 0 Å². The van der Waals surface area contributed by atoms with Gasteiger partial charge in [0.25, 0.3) is 0 Å². The van der Waals surface area contributed by atoms with Crippen molar-refractivity contribution in [2.75, 3.05) is 58.8 Å². The smallest absolute Gasteiger partial charge is 0.243 e. The van der Waals surface area contributed by atoms with E-state index in [1.807, 2.05) is 30.2 Å². The molecule has 252 valence electrons. The Morgan fingerprint density at radius 2 is 1.92 bits per heavy atom. The molecule has 4 heterocycles. The maximum absolute atomic E-state index is 12.1. The van der Waals surface area contributed by atoms with E-state index in [0.29, 0.717) is 17.7 Å². The van der Waals surface area contributed by atoms with Crippen LogP contribution < -0.4 is 5.32 Å². The summed E-state index contributed by atoms with van der Waals surface area (Å²) in [6, 6.07) is 10.5. The zero-order valence-corrected chi connectivity index (χ0v) is 28.7. The average Bonchev–Trinajstić information content (AvgIpc) is 3.69. The highest BCUT2D eigenvalue weighted by Gasteiger charge is 2.27. The highest BCUT2D eigenvalue weighted by Crippen LogP contribution is 2.40. The van der Waals surface area contributed by atoms with Crippen molar-refractivity contribution in [3.63, 3.8) is 0 Å². The van der Waals surface area contributed by atoms with Gasteiger partial charge in [-0.1, -0.05) is 50.6 Å². The molecule has 1 saturated heterocycles. The Balaban J connectivity index is 1.23. The maximum Gasteiger partial charge on any atom is 0.243 e. The lowest BCUT2D eigenvalue weighted by Crippen LogP contribution is -2.37. The van der Waals surface area contributed by atoms with Gasteiger partial charge in [0, 0.05) is 76.6 Å². The van der Waals surface area contributed by atoms with E-state index in [4.69, 9.17) is 19.8 Å². The molecule has 1 fully saturated rings. The van der Waals surface area contributed by atoms with Crippen LogP contribution in [0, 0.1) is 5.92 Å². The second kappa shape index (κ2) is 15.0. The molecular formula is C36H46N10O2. The van der Waals surface area contributed by atoms with Crippen LogP contribution in [0.15, 0.2) is 53.8 Å². The van der Waals surface area contributed by atoms with Crippen LogP contribution in [-0.2, 0) is 36.0 Å². The number of likely N-dealkylation sites (N-methyl/N-ethyl adjacent to an activating group) is 1. The van der Waals surface area contributed by atoms with Crippen LogP contribution in [0.25, 0.3) is 28.1 Å². The lowest BCUT2D eigenvalue weighted by Gasteiger charge is -2.25. The van der Waals surface area contributed by atoms with E-state index in [2.05, 4.69) is 64.5 Å². The van der Waals surface area contributed by atoms with Crippen LogP contribution >= 0.6 is 0 Å². The van der Waals surface area contributed by atoms with Gasteiger partial charge < -0.3 is 15.0 Å². The summed E-state index contributed by atoms with van der Waals surface area (Å²) in [5, 5.41) is 12.6. The van der Waals surface area contributed by atoms with Crippen LogP contribution in [0.2, 0.25) is 0 Å². The maximum atomic E-state index is 12.1. The van der Waals surface area contributed by atoms with Gasteiger partial charge in [-0.2, -0.15) is 10.2 Å². The van der Waals surface area contributed by atoms with Gasteiger partial charge in [0.05, 0.1) is 36.8 Å². The molecule has 3 aromatic heterocycles. The van der Waals surface area contributed by atoms with E-state index in [-0.39, 0.29) is 12.5 Å². The molecule has 6 rings (SSSR count). The number of hydrogen-bond donors (Lipinski definition) is 1. The largest absolute Gasteiger partial charge is 0.379 e. The second-order valence-corrected chi connectivity index (χ2v) is 12.7. The number of carbonyl (C=O) groups is 1. The van der Waals surface area contributed by atoms with Gasteiger partial charge in [-0.05, 0) is 35.5 Å². The number of hydrogen-bond acceptors (Lipinski definition) is 9. The summed E-state index contributed by atoms with van der Waals surface area (Å²) in [6.45, 7) is 9.91. The Hall–Kier alpha value is -4.68. The third-order valence-electron chi connectivity index (χ3n) is 9.01. The lowest BCUT2D eigenvalue weighted by molar-refractivity contribution is -0.129. The van der Waals surface area contributed by atoms with Gasteiger partial charge in [0.2, 0.25) is 11.9 Å². The minimum Gasteiger partial charge on any atom is -0.379 e. The summed E-state index contributed by atoms with van der Waals surface area (Å²) in [4.78, 5) is 30.5. The molecule has 1 N–H and O–H groups in total. The fourth-order valence-electron chi connectivity index (χ4n) is 6.01. The number of anilines is 2. The number of aromatic nitrogens is 6. The van der Waals surface area contributed by atoms with E-state index >= 15 is 0 Å². The number of fused-ring (bicyclic) bond motifs is 3. The SMILES string of the molecule is CCC(C)/C=C(\C=NCCN1CCOCC1)c1ccc(-c2c3c(nn2C)CCc2cnc(Nc4ccn(CC(=O)N(C)C)n4)nc2-3)cc1. The lowest BCUT2D eigenvalue weighted by atomic mass is 9.91. The Morgan fingerprint density at radius 3 is 2.67 bits per heavy atom. The van der Waals surface area contributed by atoms with Crippen molar-refractivity contribution in [3.8, 4) is 22.5 Å². The van der Waals surface area contributed by atoms with Crippen LogP contribution in [0.5, 0.6) is 0 Å². The monoisotopic (exact) mass is 650 g/mol. The van der Waals surface area contributed by atoms with Crippen molar-refractivity contribution in [2.24, 2.45) is 18.0 Å². The number of amides is 1. The van der Waals surface area contributed by atoms with Crippen LogP contribution in [0.4, 0.5) is 11.8 Å². The number of benzene rings is 1. The highest BCUT2D eigenvalue weighted by molar-refractivity contribution is 6.10. The fraction of sp³-hybridized carbons (Fsp3) is 0.444. The molecule has 1 aromatic carbocycles. The Kier molecular flexibility index (Phi) is 10.4. The first-order valence-electron chi connectivity index (χ1n) is 16.8. The van der Waals surface area contributed by atoms with Gasteiger partial charge in [-0.15, -0.1) is 0 Å². The fourth-order valence-corrected chi connectivity index (χ4v) is 6.01. The summed E-state index contributed by atoms with van der Waals surface area (Å²) in [6.07, 6.45) is 10.8. The van der Waals surface area contributed by atoms with E-state index in [1.165, 1.54) is 0 Å². The molecule has 1 amide bonds. The van der Waals surface area contributed by atoms with Crippen molar-refractivity contribution < 1.29 is 9.53 Å². The third-order valence-corrected chi connectivity index (χ3v) is 9.01. The number of carbonyl (C=O) groups excluding carboxylic acids is 1. The molecule has 1 aliphatic heterocycles. The first-order valence-corrected chi connectivity index (χ1v) is 16.8. The number of aryl methyl sites for hydroxylation is 3. The molecular weight excluding hydrogens is 604 g/mol. The van der Waals surface area contributed by atoms with Crippen LogP contribution in [-0.4, -0.2) is 105 Å². The van der Waals surface area contributed by atoms with Gasteiger partial charge in [-0.25, -0.2) is 9.97 Å². The minimum atomic E-state index is -0.0327. The van der Waals surface area contributed by atoms with Crippen molar-refractivity contribution in [3.05, 3.63) is 65.6 Å². The zero-order valence-electron chi connectivity index (χ0n) is 28.7. The Labute approximate surface area is 282 Å². The second-order valence-electron chi connectivity index (χ2n) is 12.7. The standard InChI is InChI=1S/C36H46N10O2/c1-6-25(2)21-29(22-37-14-16-45-17-19-48-20-18-45)26-7-9-27(10-8-26)35-33-30(41-44(35)5)12-11-28-23-38-36(40-34(28)33)39-31-13-15-46(42-31)24-32(47)43(3)4/h7-10,13,15,21-23,25H,6,11-12,14,16-20,24H2,1-5H3,(H,38,39,40,42)/b29-21+,37-22?. The van der Waals surface area contributed by atoms with E-state index < -0.39 is 0 Å². The molecule has 1 aliphatic carbocycles. The summed E-state index contributed by atoms with van der Waals surface area (Å²) in [5.74, 6) is 1.44. The number of allylic oxidation sites excluding steroid dienone is 2. The molecule has 0 spiro atoms. The zero-order chi connectivity index (χ0) is 33.6. The number of morpholine rings is 1. The number of nitrogens with zero attached hydrogens (tertiary/aromatic N) is 9. The van der Waals surface area contributed by atoms with Crippen molar-refractivity contribution in [2.45, 2.75) is 39.7 Å². The molecule has 0 bridgehead atoms. The summed E-state index contributed by atoms with van der Waals surface area (Å²) in [5.41, 5.74) is 8.44. The molecule has 48 heavy (non-hydrogen) atoms. The van der Waals surface area contributed by atoms with Crippen molar-refractivity contribution in [1.82, 2.24) is 39.3 Å². The van der Waals surface area contributed by atoms with Gasteiger partial charge in [0.1, 0.15) is 6.54 Å². The minimum absolute atomic E-state index is 0.0327. The number of nitrogens with one attached hydrogen (secondary N) is 1. The predicted octanol–water partition coefficient (Wildman–Crippen LogP) is 4.50. The summed E-state index contributed by atoms with van der Waals surface area (Å²) in [7, 11) is 5.46. The molecule has 2 aliphatic rings. The summed E-state index contributed by atoms with van der Waals surface area (Å²) < 4.78 is 9.05. The van der Waals surface area contributed by atoms with Gasteiger partial charge in [0.15, 0.2) is 5.82 Å². The van der Waals surface area contributed by atoms with Crippen molar-refractivity contribution >= 4 is 29.5 Å². The Morgan fingerprint density at radius 1 is 1.12 bits per heavy atom. The molecule has 0 saturated carbocycles. The highest BCUT2D eigenvalue weighted by atomic mass is 16.5. The third kappa shape index (κ3) is 7.71. The van der Waals surface area contributed by atoms with Gasteiger partial charge in [-0.3, -0.25) is 24.1 Å². The first kappa shape index (κ1) is 33.2. The topological polar surface area (TPSA) is 119 Å². The number of aliphatic imine (C=N–C) groups is 1. The molecule has 0 radical (unpaired) electrons. The molecule has 1 atom stereocenters. The first-order chi connectivity index (χ1) is 23.3. The molecule has 1 unspecified atom stereocenters. The van der Waals surface area contributed by atoms with Crippen LogP contribution in [0.1, 0.15) is 37.1 Å². The molecule has 4 aromatic rings. The predicted molar refractivity (Wildman–Crippen MR) is 189 cm³/mol. The van der Waals surface area contributed by atoms with E-state index in [9.17, 15) is 4.79 Å². The Bertz CT molecular complexity index is 1780. The normalized spacial score (nSPS) is 15.7. The van der Waals surface area contributed by atoms with Crippen molar-refractivity contribution in [1.29, 1.82) is 0 Å². The van der Waals surface area contributed by atoms with E-state index in [1.54, 1.807) is 29.9 Å². The number of ether oxygens (including phenoxy) is 1.